The molecule has 0 bridgehead atoms. The molecule has 0 aromatic carbocycles. The zero-order chi connectivity index (χ0) is 23.5. The molecule has 2 amide bonds. The molecule has 174 valence electrons. The van der Waals surface area contributed by atoms with Gasteiger partial charge in [-0.2, -0.15) is 0 Å². The lowest BCUT2D eigenvalue weighted by molar-refractivity contribution is -0.241. The summed E-state index contributed by atoms with van der Waals surface area (Å²) in [4.78, 5) is 28.0. The Balaban J connectivity index is 3.30. The molecule has 0 aliphatic carbocycles. The van der Waals surface area contributed by atoms with Gasteiger partial charge >= 0.3 is 6.09 Å². The quantitative estimate of drug-likeness (QED) is 0.469. The van der Waals surface area contributed by atoms with Gasteiger partial charge in [0, 0.05) is 26.7 Å². The molecule has 0 aromatic rings. The molecule has 0 aromatic heterocycles. The maximum atomic E-state index is 13.7. The van der Waals surface area contributed by atoms with Crippen LogP contribution in [0.1, 0.15) is 61.8 Å². The molecule has 1 N–H and O–H groups in total. The van der Waals surface area contributed by atoms with Gasteiger partial charge in [0.25, 0.3) is 0 Å². The summed E-state index contributed by atoms with van der Waals surface area (Å²) in [5.41, 5.74) is -0.987. The summed E-state index contributed by atoms with van der Waals surface area (Å²) in [6.07, 6.45) is 1.78. The van der Waals surface area contributed by atoms with Gasteiger partial charge < -0.3 is 24.4 Å². The van der Waals surface area contributed by atoms with Crippen molar-refractivity contribution in [1.82, 2.24) is 10.2 Å². The first-order valence-corrected chi connectivity index (χ1v) is 10.7. The first-order chi connectivity index (χ1) is 13.6. The van der Waals surface area contributed by atoms with Crippen molar-refractivity contribution in [2.75, 3.05) is 20.8 Å². The van der Waals surface area contributed by atoms with E-state index in [9.17, 15) is 9.59 Å². The van der Waals surface area contributed by atoms with Crippen LogP contribution in [0.2, 0.25) is 0 Å². The van der Waals surface area contributed by atoms with Gasteiger partial charge in [0.15, 0.2) is 5.79 Å². The van der Waals surface area contributed by atoms with Gasteiger partial charge in [0.05, 0.1) is 6.04 Å². The Morgan fingerprint density at radius 2 is 1.73 bits per heavy atom. The fourth-order valence-corrected chi connectivity index (χ4v) is 4.36. The second-order valence-corrected chi connectivity index (χ2v) is 10.3. The monoisotopic (exact) mass is 426 g/mol. The summed E-state index contributed by atoms with van der Waals surface area (Å²) in [5, 5.41) is 2.79. The number of ether oxygens (including phenoxy) is 3. The number of nitrogens with one attached hydrogen (secondary N) is 1. The first-order valence-electron chi connectivity index (χ1n) is 10.7. The van der Waals surface area contributed by atoms with E-state index >= 15 is 0 Å². The third kappa shape index (κ3) is 5.97. The predicted octanol–water partition coefficient (Wildman–Crippen LogP) is 3.97. The minimum atomic E-state index is -1.01. The van der Waals surface area contributed by atoms with Crippen LogP contribution < -0.4 is 5.32 Å². The highest BCUT2D eigenvalue weighted by atomic mass is 16.7. The van der Waals surface area contributed by atoms with Crippen molar-refractivity contribution in [3.63, 3.8) is 0 Å². The lowest BCUT2D eigenvalue weighted by Gasteiger charge is -2.45. The first kappa shape index (κ1) is 26.4. The smallest absolute Gasteiger partial charge is 0.408 e. The number of methoxy groups -OCH3 is 2. The lowest BCUT2D eigenvalue weighted by Crippen LogP contribution is -2.60. The van der Waals surface area contributed by atoms with Crippen LogP contribution >= 0.6 is 0 Å². The Labute approximate surface area is 182 Å². The van der Waals surface area contributed by atoms with Gasteiger partial charge in [-0.25, -0.2) is 4.79 Å². The van der Waals surface area contributed by atoms with E-state index in [1.54, 1.807) is 39.9 Å². The van der Waals surface area contributed by atoms with E-state index in [1.807, 2.05) is 26.8 Å². The molecular formula is C23H42N2O5. The van der Waals surface area contributed by atoms with Crippen molar-refractivity contribution in [2.45, 2.75) is 85.3 Å². The number of hydrogen-bond donors (Lipinski definition) is 1. The Bertz CT molecular complexity index is 620. The molecule has 7 nitrogen and oxygen atoms in total. The van der Waals surface area contributed by atoms with Crippen molar-refractivity contribution in [3.05, 3.63) is 12.7 Å². The molecule has 1 saturated heterocycles. The number of carbonyl (C=O) groups is 2. The molecule has 1 rings (SSSR count). The Hall–Kier alpha value is -1.60. The van der Waals surface area contributed by atoms with Crippen LogP contribution in [0.5, 0.6) is 0 Å². The number of likely N-dealkylation sites (tertiary alicyclic amines) is 1. The average molecular weight is 427 g/mol. The number of carbonyl (C=O) groups excluding carboxylic acids is 2. The van der Waals surface area contributed by atoms with Crippen LogP contribution in [0.15, 0.2) is 12.7 Å². The summed E-state index contributed by atoms with van der Waals surface area (Å²) < 4.78 is 16.8. The number of hydrogen-bond acceptors (Lipinski definition) is 5. The second kappa shape index (κ2) is 9.69. The van der Waals surface area contributed by atoms with Crippen LogP contribution in [0, 0.1) is 17.3 Å². The molecule has 3 unspecified atom stereocenters. The molecule has 1 aliphatic heterocycles. The van der Waals surface area contributed by atoms with Crippen LogP contribution in [0.4, 0.5) is 4.79 Å². The fraction of sp³-hybridized carbons (Fsp3) is 0.826. The highest BCUT2D eigenvalue weighted by molar-refractivity contribution is 5.86. The number of rotatable bonds is 8. The van der Waals surface area contributed by atoms with E-state index in [-0.39, 0.29) is 29.2 Å². The number of nitrogens with zero attached hydrogens (tertiary/aromatic N) is 1. The molecule has 1 heterocycles. The molecule has 1 fully saturated rings. The van der Waals surface area contributed by atoms with Crippen LogP contribution in [0.3, 0.4) is 0 Å². The van der Waals surface area contributed by atoms with E-state index in [2.05, 4.69) is 25.7 Å². The maximum absolute atomic E-state index is 13.7. The molecule has 7 heteroatoms. The van der Waals surface area contributed by atoms with Gasteiger partial charge in [-0.05, 0) is 45.4 Å². The van der Waals surface area contributed by atoms with Crippen LogP contribution in [-0.4, -0.2) is 61.1 Å². The van der Waals surface area contributed by atoms with Crippen molar-refractivity contribution in [3.8, 4) is 0 Å². The zero-order valence-corrected chi connectivity index (χ0v) is 20.5. The van der Waals surface area contributed by atoms with Gasteiger partial charge in [-0.1, -0.05) is 33.8 Å². The fourth-order valence-electron chi connectivity index (χ4n) is 4.36. The second-order valence-electron chi connectivity index (χ2n) is 10.3. The molecule has 30 heavy (non-hydrogen) atoms. The van der Waals surface area contributed by atoms with E-state index < -0.39 is 23.5 Å². The summed E-state index contributed by atoms with van der Waals surface area (Å²) in [5.74, 6) is -0.922. The predicted molar refractivity (Wildman–Crippen MR) is 118 cm³/mol. The number of amides is 2. The Morgan fingerprint density at radius 3 is 2.13 bits per heavy atom. The van der Waals surface area contributed by atoms with Crippen molar-refractivity contribution in [2.24, 2.45) is 17.3 Å². The van der Waals surface area contributed by atoms with Crippen molar-refractivity contribution in [1.29, 1.82) is 0 Å². The van der Waals surface area contributed by atoms with Crippen LogP contribution in [0.25, 0.3) is 0 Å². The van der Waals surface area contributed by atoms with Crippen molar-refractivity contribution < 1.29 is 23.8 Å². The normalized spacial score (nSPS) is 22.7. The molecule has 0 saturated carbocycles. The largest absolute Gasteiger partial charge is 0.444 e. The molecule has 0 spiro atoms. The van der Waals surface area contributed by atoms with Crippen molar-refractivity contribution >= 4 is 12.0 Å². The topological polar surface area (TPSA) is 77.1 Å². The highest BCUT2D eigenvalue weighted by Crippen LogP contribution is 2.47. The molecule has 3 atom stereocenters. The summed E-state index contributed by atoms with van der Waals surface area (Å²) >= 11 is 0. The average Bonchev–Trinajstić information content (AvgIpc) is 2.88. The maximum Gasteiger partial charge on any atom is 0.408 e. The lowest BCUT2D eigenvalue weighted by atomic mass is 9.74. The standard InChI is InChI=1S/C23H42N2O5/c1-12-16-14-25(19(22(16,7)8)23(9,28-10)29-11)18(26)17(13-15(2)3)24-20(27)30-21(4,5)6/h12,15-17,19H,1,13-14H2,2-11H3,(H,24,27). The highest BCUT2D eigenvalue weighted by Gasteiger charge is 2.57. The minimum absolute atomic E-state index is 0.0531. The van der Waals surface area contributed by atoms with E-state index in [1.165, 1.54) is 0 Å². The Kier molecular flexibility index (Phi) is 8.54. The van der Waals surface area contributed by atoms with Gasteiger partial charge in [0.2, 0.25) is 5.91 Å². The third-order valence-corrected chi connectivity index (χ3v) is 5.94. The molecular weight excluding hydrogens is 384 g/mol. The molecule has 1 aliphatic rings. The molecule has 0 radical (unpaired) electrons. The minimum Gasteiger partial charge on any atom is -0.444 e. The van der Waals surface area contributed by atoms with Gasteiger partial charge in [0.1, 0.15) is 11.6 Å². The van der Waals surface area contributed by atoms with E-state index in [4.69, 9.17) is 14.2 Å². The van der Waals surface area contributed by atoms with E-state index in [0.717, 1.165) is 0 Å². The van der Waals surface area contributed by atoms with Gasteiger partial charge in [-0.15, -0.1) is 6.58 Å². The van der Waals surface area contributed by atoms with E-state index in [0.29, 0.717) is 13.0 Å². The third-order valence-electron chi connectivity index (χ3n) is 5.94. The van der Waals surface area contributed by atoms with Gasteiger partial charge in [-0.3, -0.25) is 4.79 Å². The zero-order valence-electron chi connectivity index (χ0n) is 20.5. The number of alkyl carbamates (subject to hydrolysis) is 1. The van der Waals surface area contributed by atoms with Crippen LogP contribution in [-0.2, 0) is 19.0 Å². The Morgan fingerprint density at radius 1 is 1.20 bits per heavy atom. The summed E-state index contributed by atoms with van der Waals surface area (Å²) in [6, 6.07) is -1.08. The summed E-state index contributed by atoms with van der Waals surface area (Å²) in [6.45, 7) is 19.9. The SMILES string of the molecule is C=CC1CN(C(=O)C(CC(C)C)NC(=O)OC(C)(C)C)C(C(C)(OC)OC)C1(C)C. The summed E-state index contributed by atoms with van der Waals surface area (Å²) in [7, 11) is 3.15.